The molecule has 8 heteroatoms. The van der Waals surface area contributed by atoms with Crippen molar-refractivity contribution >= 4 is 27.4 Å². The van der Waals surface area contributed by atoms with E-state index >= 15 is 0 Å². The van der Waals surface area contributed by atoms with Crippen LogP contribution in [0.1, 0.15) is 41.5 Å². The summed E-state index contributed by atoms with van der Waals surface area (Å²) >= 11 is 1.80. The number of anilines is 1. The Balaban J connectivity index is 1.60. The average Bonchev–Trinajstić information content (AvgIpc) is 3.32. The van der Waals surface area contributed by atoms with Gasteiger partial charge in [-0.05, 0) is 37.7 Å². The monoisotopic (exact) mass is 405 g/mol. The molecule has 4 aromatic heterocycles. The molecular formula is C21H23N7S. The standard InChI is InChI=1S/C21H23N7S/c1-3-15-13(12-28(2)27-15)10-24-20-18-14-6-4-5-7-17(14)29-21(18)26-19(25-20)16-11-22-8-9-23-16/h8-9,11-12H,3-7,10H2,1-2H3,(H,24,25,26). The summed E-state index contributed by atoms with van der Waals surface area (Å²) in [4.78, 5) is 20.8. The molecule has 0 fully saturated rings. The highest BCUT2D eigenvalue weighted by Gasteiger charge is 2.22. The molecule has 5 rings (SSSR count). The van der Waals surface area contributed by atoms with Gasteiger partial charge in [0.05, 0.1) is 17.3 Å². The number of aromatic nitrogens is 6. The van der Waals surface area contributed by atoms with Gasteiger partial charge in [0.15, 0.2) is 5.82 Å². The molecule has 0 radical (unpaired) electrons. The molecule has 0 saturated heterocycles. The Kier molecular flexibility index (Phi) is 4.71. The van der Waals surface area contributed by atoms with E-state index in [-0.39, 0.29) is 0 Å². The van der Waals surface area contributed by atoms with Crippen molar-refractivity contribution in [3.8, 4) is 11.5 Å². The predicted molar refractivity (Wildman–Crippen MR) is 115 cm³/mol. The Morgan fingerprint density at radius 3 is 2.90 bits per heavy atom. The Bertz CT molecular complexity index is 1160. The summed E-state index contributed by atoms with van der Waals surface area (Å²) in [6, 6.07) is 0. The van der Waals surface area contributed by atoms with Crippen molar-refractivity contribution in [2.45, 2.75) is 45.6 Å². The van der Waals surface area contributed by atoms with Gasteiger partial charge in [-0.3, -0.25) is 9.67 Å². The molecule has 29 heavy (non-hydrogen) atoms. The van der Waals surface area contributed by atoms with E-state index in [9.17, 15) is 0 Å². The summed E-state index contributed by atoms with van der Waals surface area (Å²) in [7, 11) is 1.97. The second kappa shape index (κ2) is 7.51. The Morgan fingerprint density at radius 1 is 1.17 bits per heavy atom. The topological polar surface area (TPSA) is 81.4 Å². The fourth-order valence-corrected chi connectivity index (χ4v) is 5.28. The van der Waals surface area contributed by atoms with Crippen LogP contribution in [0.4, 0.5) is 5.82 Å². The highest BCUT2D eigenvalue weighted by Crippen LogP contribution is 2.39. The minimum absolute atomic E-state index is 0.619. The first-order chi connectivity index (χ1) is 14.2. The second-order valence-corrected chi connectivity index (χ2v) is 8.44. The smallest absolute Gasteiger partial charge is 0.183 e. The molecule has 1 aliphatic carbocycles. The lowest BCUT2D eigenvalue weighted by atomic mass is 9.97. The van der Waals surface area contributed by atoms with E-state index in [1.54, 1.807) is 29.9 Å². The molecule has 0 amide bonds. The molecule has 4 aromatic rings. The Hall–Kier alpha value is -2.87. The van der Waals surface area contributed by atoms with Crippen LogP contribution in [0.15, 0.2) is 24.8 Å². The number of nitrogens with zero attached hydrogens (tertiary/aromatic N) is 6. The third kappa shape index (κ3) is 3.37. The summed E-state index contributed by atoms with van der Waals surface area (Å²) in [6.07, 6.45) is 12.8. The molecule has 1 aliphatic rings. The SMILES string of the molecule is CCc1nn(C)cc1CNc1nc(-c2cnccn2)nc2sc3c(c12)CCCC3. The van der Waals surface area contributed by atoms with Crippen LogP contribution in [-0.4, -0.2) is 29.7 Å². The highest BCUT2D eigenvalue weighted by molar-refractivity contribution is 7.19. The number of hydrogen-bond donors (Lipinski definition) is 1. The van der Waals surface area contributed by atoms with Crippen LogP contribution in [0.2, 0.25) is 0 Å². The van der Waals surface area contributed by atoms with Crippen molar-refractivity contribution in [3.05, 3.63) is 46.5 Å². The normalized spacial score (nSPS) is 13.6. The number of fused-ring (bicyclic) bond motifs is 3. The Labute approximate surface area is 173 Å². The summed E-state index contributed by atoms with van der Waals surface area (Å²) in [6.45, 7) is 2.82. The van der Waals surface area contributed by atoms with E-state index in [2.05, 4.69) is 33.5 Å². The van der Waals surface area contributed by atoms with Gasteiger partial charge in [0, 0.05) is 42.6 Å². The Morgan fingerprint density at radius 2 is 2.07 bits per heavy atom. The number of aryl methyl sites for hydroxylation is 4. The third-order valence-corrected chi connectivity index (χ3v) is 6.57. The predicted octanol–water partition coefficient (Wildman–Crippen LogP) is 3.94. The first-order valence-corrected chi connectivity index (χ1v) is 10.9. The molecule has 0 saturated carbocycles. The number of thiophene rings is 1. The van der Waals surface area contributed by atoms with E-state index in [4.69, 9.17) is 9.97 Å². The van der Waals surface area contributed by atoms with Crippen LogP contribution in [0.3, 0.4) is 0 Å². The summed E-state index contributed by atoms with van der Waals surface area (Å²) in [5, 5.41) is 9.33. The van der Waals surface area contributed by atoms with E-state index in [1.807, 2.05) is 11.7 Å². The van der Waals surface area contributed by atoms with Gasteiger partial charge in [0.2, 0.25) is 0 Å². The van der Waals surface area contributed by atoms with E-state index in [0.29, 0.717) is 18.1 Å². The van der Waals surface area contributed by atoms with E-state index in [1.165, 1.54) is 34.2 Å². The van der Waals surface area contributed by atoms with Gasteiger partial charge in [-0.2, -0.15) is 5.10 Å². The zero-order valence-corrected chi connectivity index (χ0v) is 17.5. The zero-order valence-electron chi connectivity index (χ0n) is 16.6. The average molecular weight is 406 g/mol. The van der Waals surface area contributed by atoms with Crippen LogP contribution in [0.5, 0.6) is 0 Å². The minimum Gasteiger partial charge on any atom is -0.365 e. The number of hydrogen-bond acceptors (Lipinski definition) is 7. The van der Waals surface area contributed by atoms with Gasteiger partial charge in [0.25, 0.3) is 0 Å². The number of nitrogens with one attached hydrogen (secondary N) is 1. The quantitative estimate of drug-likeness (QED) is 0.542. The van der Waals surface area contributed by atoms with Crippen molar-refractivity contribution < 1.29 is 0 Å². The van der Waals surface area contributed by atoms with Crippen molar-refractivity contribution in [1.29, 1.82) is 0 Å². The summed E-state index contributed by atoms with van der Waals surface area (Å²) < 4.78 is 1.88. The molecule has 1 N–H and O–H groups in total. The third-order valence-electron chi connectivity index (χ3n) is 5.38. The van der Waals surface area contributed by atoms with Crippen LogP contribution >= 0.6 is 11.3 Å². The van der Waals surface area contributed by atoms with Crippen LogP contribution in [-0.2, 0) is 32.9 Å². The summed E-state index contributed by atoms with van der Waals surface area (Å²) in [5.41, 5.74) is 4.43. The molecule has 7 nitrogen and oxygen atoms in total. The molecular weight excluding hydrogens is 382 g/mol. The van der Waals surface area contributed by atoms with Crippen LogP contribution < -0.4 is 5.32 Å². The number of rotatable bonds is 5. The van der Waals surface area contributed by atoms with Crippen molar-refractivity contribution in [2.24, 2.45) is 7.05 Å². The van der Waals surface area contributed by atoms with Gasteiger partial charge in [-0.15, -0.1) is 11.3 Å². The lowest BCUT2D eigenvalue weighted by Gasteiger charge is -2.13. The van der Waals surface area contributed by atoms with E-state index < -0.39 is 0 Å². The van der Waals surface area contributed by atoms with Crippen LogP contribution in [0.25, 0.3) is 21.7 Å². The molecule has 148 valence electrons. The molecule has 0 atom stereocenters. The highest BCUT2D eigenvalue weighted by atomic mass is 32.1. The lowest BCUT2D eigenvalue weighted by Crippen LogP contribution is -2.06. The second-order valence-electron chi connectivity index (χ2n) is 7.36. The minimum atomic E-state index is 0.619. The van der Waals surface area contributed by atoms with Crippen molar-refractivity contribution in [2.75, 3.05) is 5.32 Å². The first-order valence-electron chi connectivity index (χ1n) is 10.1. The van der Waals surface area contributed by atoms with Gasteiger partial charge in [-0.25, -0.2) is 15.0 Å². The molecule has 0 aromatic carbocycles. The fourth-order valence-electron chi connectivity index (χ4n) is 4.02. The van der Waals surface area contributed by atoms with Gasteiger partial charge in [0.1, 0.15) is 16.3 Å². The lowest BCUT2D eigenvalue weighted by molar-refractivity contribution is 0.700. The van der Waals surface area contributed by atoms with E-state index in [0.717, 1.165) is 35.6 Å². The van der Waals surface area contributed by atoms with Crippen molar-refractivity contribution in [3.63, 3.8) is 0 Å². The fraction of sp³-hybridized carbons (Fsp3) is 0.381. The van der Waals surface area contributed by atoms with Crippen LogP contribution in [0, 0.1) is 0 Å². The van der Waals surface area contributed by atoms with Gasteiger partial charge >= 0.3 is 0 Å². The first kappa shape index (κ1) is 18.2. The maximum atomic E-state index is 4.88. The molecule has 0 bridgehead atoms. The summed E-state index contributed by atoms with van der Waals surface area (Å²) in [5.74, 6) is 1.51. The van der Waals surface area contributed by atoms with Gasteiger partial charge < -0.3 is 5.32 Å². The molecule has 4 heterocycles. The molecule has 0 aliphatic heterocycles. The van der Waals surface area contributed by atoms with Gasteiger partial charge in [-0.1, -0.05) is 6.92 Å². The maximum Gasteiger partial charge on any atom is 0.183 e. The molecule has 0 spiro atoms. The van der Waals surface area contributed by atoms with Crippen molar-refractivity contribution in [1.82, 2.24) is 29.7 Å². The zero-order chi connectivity index (χ0) is 19.8. The largest absolute Gasteiger partial charge is 0.365 e. The molecule has 0 unspecified atom stereocenters. The maximum absolute atomic E-state index is 4.88.